The van der Waals surface area contributed by atoms with Gasteiger partial charge in [-0.25, -0.2) is 0 Å². The highest BCUT2D eigenvalue weighted by atomic mass is 16.3. The van der Waals surface area contributed by atoms with Crippen molar-refractivity contribution in [3.8, 4) is 0 Å². The molecular formula is C11H23NO. The highest BCUT2D eigenvalue weighted by Crippen LogP contribution is 2.41. The van der Waals surface area contributed by atoms with Gasteiger partial charge in [0.1, 0.15) is 0 Å². The Bertz CT molecular complexity index is 145. The van der Waals surface area contributed by atoms with E-state index in [1.165, 1.54) is 19.3 Å². The lowest BCUT2D eigenvalue weighted by Gasteiger charge is -2.27. The molecule has 2 N–H and O–H groups in total. The Labute approximate surface area is 81.7 Å². The van der Waals surface area contributed by atoms with Crippen molar-refractivity contribution in [2.24, 2.45) is 11.3 Å². The third-order valence-corrected chi connectivity index (χ3v) is 3.38. The number of hydrogen-bond donors (Lipinski definition) is 2. The lowest BCUT2D eigenvalue weighted by atomic mass is 9.82. The average Bonchev–Trinajstić information content (AvgIpc) is 2.40. The van der Waals surface area contributed by atoms with E-state index in [1.54, 1.807) is 0 Å². The van der Waals surface area contributed by atoms with Gasteiger partial charge in [-0.3, -0.25) is 0 Å². The largest absolute Gasteiger partial charge is 0.396 e. The first-order valence-corrected chi connectivity index (χ1v) is 5.48. The lowest BCUT2D eigenvalue weighted by molar-refractivity contribution is 0.245. The number of nitrogens with one attached hydrogen (secondary N) is 1. The Morgan fingerprint density at radius 3 is 2.77 bits per heavy atom. The van der Waals surface area contributed by atoms with Crippen LogP contribution in [0.4, 0.5) is 0 Å². The summed E-state index contributed by atoms with van der Waals surface area (Å²) in [7, 11) is 0. The first-order valence-electron chi connectivity index (χ1n) is 5.48. The van der Waals surface area contributed by atoms with Crippen LogP contribution < -0.4 is 5.32 Å². The molecule has 0 heterocycles. The Kier molecular flexibility index (Phi) is 4.20. The summed E-state index contributed by atoms with van der Waals surface area (Å²) in [5.74, 6) is 0.839. The van der Waals surface area contributed by atoms with E-state index in [0.29, 0.717) is 12.0 Å². The summed E-state index contributed by atoms with van der Waals surface area (Å²) < 4.78 is 0. The highest BCUT2D eigenvalue weighted by molar-refractivity contribution is 4.85. The molecule has 1 atom stereocenters. The van der Waals surface area contributed by atoms with Crippen LogP contribution in [-0.4, -0.2) is 24.8 Å². The zero-order chi connectivity index (χ0) is 9.73. The summed E-state index contributed by atoms with van der Waals surface area (Å²) in [4.78, 5) is 0. The summed E-state index contributed by atoms with van der Waals surface area (Å²) in [5, 5.41) is 12.0. The second-order valence-electron chi connectivity index (χ2n) is 4.86. The van der Waals surface area contributed by atoms with E-state index in [1.807, 2.05) is 0 Å². The maximum atomic E-state index is 8.62. The molecule has 1 rings (SSSR count). The molecule has 1 saturated carbocycles. The quantitative estimate of drug-likeness (QED) is 0.640. The van der Waals surface area contributed by atoms with Gasteiger partial charge in [-0.05, 0) is 43.7 Å². The van der Waals surface area contributed by atoms with Crippen molar-refractivity contribution in [1.82, 2.24) is 5.32 Å². The Morgan fingerprint density at radius 1 is 1.46 bits per heavy atom. The van der Waals surface area contributed by atoms with E-state index in [4.69, 9.17) is 5.11 Å². The molecule has 0 saturated heterocycles. The van der Waals surface area contributed by atoms with Crippen LogP contribution in [0, 0.1) is 11.3 Å². The van der Waals surface area contributed by atoms with Crippen molar-refractivity contribution >= 4 is 0 Å². The molecule has 0 aliphatic heterocycles. The van der Waals surface area contributed by atoms with Crippen LogP contribution in [0.3, 0.4) is 0 Å². The maximum absolute atomic E-state index is 8.62. The summed E-state index contributed by atoms with van der Waals surface area (Å²) >= 11 is 0. The fourth-order valence-corrected chi connectivity index (χ4v) is 2.26. The smallest absolute Gasteiger partial charge is 0.0443 e. The highest BCUT2D eigenvalue weighted by Gasteiger charge is 2.33. The molecular weight excluding hydrogens is 162 g/mol. The molecule has 2 nitrogen and oxygen atoms in total. The standard InChI is InChI=1S/C11H23NO/c1-11(2)6-3-5-10(11)9-12-7-4-8-13/h10,12-13H,3-9H2,1-2H3. The number of hydrogen-bond acceptors (Lipinski definition) is 2. The zero-order valence-electron chi connectivity index (χ0n) is 8.97. The van der Waals surface area contributed by atoms with Gasteiger partial charge in [-0.1, -0.05) is 20.3 Å². The van der Waals surface area contributed by atoms with Gasteiger partial charge >= 0.3 is 0 Å². The first kappa shape index (κ1) is 11.0. The van der Waals surface area contributed by atoms with Gasteiger partial charge in [0.05, 0.1) is 0 Å². The van der Waals surface area contributed by atoms with Crippen LogP contribution in [0.25, 0.3) is 0 Å². The third kappa shape index (κ3) is 3.28. The molecule has 1 aliphatic carbocycles. The van der Waals surface area contributed by atoms with Crippen molar-refractivity contribution in [3.63, 3.8) is 0 Å². The predicted molar refractivity (Wildman–Crippen MR) is 55.7 cm³/mol. The summed E-state index contributed by atoms with van der Waals surface area (Å²) in [5.41, 5.74) is 0.534. The Balaban J connectivity index is 2.14. The minimum absolute atomic E-state index is 0.307. The number of aliphatic hydroxyl groups excluding tert-OH is 1. The number of aliphatic hydroxyl groups is 1. The lowest BCUT2D eigenvalue weighted by Crippen LogP contribution is -2.30. The first-order chi connectivity index (χ1) is 6.17. The van der Waals surface area contributed by atoms with Crippen LogP contribution in [0.1, 0.15) is 39.5 Å². The summed E-state index contributed by atoms with van der Waals surface area (Å²) in [6.45, 7) is 7.15. The van der Waals surface area contributed by atoms with Crippen molar-refractivity contribution in [3.05, 3.63) is 0 Å². The van der Waals surface area contributed by atoms with E-state index in [2.05, 4.69) is 19.2 Å². The minimum Gasteiger partial charge on any atom is -0.396 e. The molecule has 2 heteroatoms. The van der Waals surface area contributed by atoms with E-state index >= 15 is 0 Å². The average molecular weight is 185 g/mol. The van der Waals surface area contributed by atoms with Crippen LogP contribution in [0.2, 0.25) is 0 Å². The monoisotopic (exact) mass is 185 g/mol. The molecule has 13 heavy (non-hydrogen) atoms. The SMILES string of the molecule is CC1(C)CCCC1CNCCCO. The Morgan fingerprint density at radius 2 is 2.23 bits per heavy atom. The molecule has 0 bridgehead atoms. The minimum atomic E-state index is 0.307. The predicted octanol–water partition coefficient (Wildman–Crippen LogP) is 1.78. The zero-order valence-corrected chi connectivity index (χ0v) is 8.97. The van der Waals surface area contributed by atoms with Gasteiger partial charge in [-0.15, -0.1) is 0 Å². The molecule has 0 aromatic carbocycles. The van der Waals surface area contributed by atoms with Gasteiger partial charge in [0, 0.05) is 6.61 Å². The summed E-state index contributed by atoms with van der Waals surface area (Å²) in [6, 6.07) is 0. The van der Waals surface area contributed by atoms with E-state index in [9.17, 15) is 0 Å². The molecule has 1 aliphatic rings. The van der Waals surface area contributed by atoms with Gasteiger partial charge in [0.2, 0.25) is 0 Å². The van der Waals surface area contributed by atoms with Crippen molar-refractivity contribution < 1.29 is 5.11 Å². The normalized spacial score (nSPS) is 26.5. The molecule has 0 spiro atoms. The Hall–Kier alpha value is -0.0800. The molecule has 1 unspecified atom stereocenters. The van der Waals surface area contributed by atoms with E-state index in [0.717, 1.165) is 25.4 Å². The third-order valence-electron chi connectivity index (χ3n) is 3.38. The fraction of sp³-hybridized carbons (Fsp3) is 1.00. The van der Waals surface area contributed by atoms with Gasteiger partial charge in [0.25, 0.3) is 0 Å². The molecule has 0 amide bonds. The van der Waals surface area contributed by atoms with Crippen LogP contribution >= 0.6 is 0 Å². The molecule has 78 valence electrons. The van der Waals surface area contributed by atoms with Crippen molar-refractivity contribution in [2.75, 3.05) is 19.7 Å². The maximum Gasteiger partial charge on any atom is 0.0443 e. The van der Waals surface area contributed by atoms with Crippen LogP contribution in [-0.2, 0) is 0 Å². The van der Waals surface area contributed by atoms with E-state index in [-0.39, 0.29) is 0 Å². The molecule has 0 aromatic heterocycles. The van der Waals surface area contributed by atoms with Crippen molar-refractivity contribution in [1.29, 1.82) is 0 Å². The number of rotatable bonds is 5. The van der Waals surface area contributed by atoms with Gasteiger partial charge in [-0.2, -0.15) is 0 Å². The molecule has 0 aromatic rings. The van der Waals surface area contributed by atoms with Gasteiger partial charge < -0.3 is 10.4 Å². The topological polar surface area (TPSA) is 32.3 Å². The van der Waals surface area contributed by atoms with Gasteiger partial charge in [0.15, 0.2) is 0 Å². The van der Waals surface area contributed by atoms with Crippen molar-refractivity contribution in [2.45, 2.75) is 39.5 Å². The molecule has 0 radical (unpaired) electrons. The second kappa shape index (κ2) is 4.97. The summed E-state index contributed by atoms with van der Waals surface area (Å²) in [6.07, 6.45) is 5.02. The second-order valence-corrected chi connectivity index (χ2v) is 4.86. The fourth-order valence-electron chi connectivity index (χ4n) is 2.26. The molecule has 1 fully saturated rings. The van der Waals surface area contributed by atoms with Crippen LogP contribution in [0.15, 0.2) is 0 Å². The van der Waals surface area contributed by atoms with E-state index < -0.39 is 0 Å². The van der Waals surface area contributed by atoms with Crippen LogP contribution in [0.5, 0.6) is 0 Å².